The standard InChI is InChI=1S/C16H30O7S.Na/c1-2-3-4-5-6-7-8-9-10-11-14-22-24(20,21)23-16(19)13-12-15(17)18;/h2-14H2,1H3,(H,17,18);/q;+1/p-1. The van der Waals surface area contributed by atoms with Gasteiger partial charge in [0.1, 0.15) is 0 Å². The number of hydrogen-bond acceptors (Lipinski definition) is 7. The fourth-order valence-electron chi connectivity index (χ4n) is 2.13. The minimum Gasteiger partial charge on any atom is -0.550 e. The van der Waals surface area contributed by atoms with Gasteiger partial charge in [0, 0.05) is 5.97 Å². The molecular formula is C16H29NaO7S. The summed E-state index contributed by atoms with van der Waals surface area (Å²) in [6, 6.07) is 0. The Balaban J connectivity index is 0. The van der Waals surface area contributed by atoms with E-state index in [1.54, 1.807) is 0 Å². The predicted octanol–water partition coefficient (Wildman–Crippen LogP) is -0.754. The molecule has 0 aliphatic heterocycles. The SMILES string of the molecule is CCCCCCCCCCCCOS(=O)(=O)OC(=O)CCC(=O)[O-].[Na+]. The zero-order valence-electron chi connectivity index (χ0n) is 15.5. The molecule has 0 spiro atoms. The van der Waals surface area contributed by atoms with E-state index in [0.717, 1.165) is 19.3 Å². The van der Waals surface area contributed by atoms with Crippen LogP contribution in [0.2, 0.25) is 0 Å². The number of rotatable bonds is 16. The van der Waals surface area contributed by atoms with E-state index in [4.69, 9.17) is 0 Å². The van der Waals surface area contributed by atoms with Gasteiger partial charge in [-0.15, -0.1) is 0 Å². The van der Waals surface area contributed by atoms with Crippen molar-refractivity contribution in [2.45, 2.75) is 84.0 Å². The van der Waals surface area contributed by atoms with Crippen LogP contribution >= 0.6 is 0 Å². The first kappa shape index (κ1) is 27.1. The Morgan fingerprint density at radius 2 is 1.32 bits per heavy atom. The summed E-state index contributed by atoms with van der Waals surface area (Å²) < 4.78 is 31.3. The topological polar surface area (TPSA) is 110 Å². The van der Waals surface area contributed by atoms with Crippen molar-refractivity contribution in [2.75, 3.05) is 6.61 Å². The van der Waals surface area contributed by atoms with Gasteiger partial charge in [0.15, 0.2) is 0 Å². The number of carbonyl (C=O) groups excluding carboxylic acids is 2. The van der Waals surface area contributed by atoms with Gasteiger partial charge in [-0.1, -0.05) is 64.7 Å². The molecule has 0 aromatic heterocycles. The number of carbonyl (C=O) groups is 2. The first-order chi connectivity index (χ1) is 11.4. The van der Waals surface area contributed by atoms with Crippen LogP contribution < -0.4 is 34.7 Å². The maximum atomic E-state index is 11.3. The smallest absolute Gasteiger partial charge is 0.550 e. The molecule has 0 aliphatic carbocycles. The number of carboxylic acids is 1. The molecule has 0 atom stereocenters. The summed E-state index contributed by atoms with van der Waals surface area (Å²) in [7, 11) is -4.40. The first-order valence-corrected chi connectivity index (χ1v) is 10.0. The van der Waals surface area contributed by atoms with Crippen LogP contribution in [-0.2, 0) is 28.4 Å². The Morgan fingerprint density at radius 3 is 1.80 bits per heavy atom. The molecule has 0 radical (unpaired) electrons. The predicted molar refractivity (Wildman–Crippen MR) is 87.0 cm³/mol. The molecule has 0 fully saturated rings. The van der Waals surface area contributed by atoms with Crippen LogP contribution in [0.25, 0.3) is 0 Å². The third-order valence-electron chi connectivity index (χ3n) is 3.45. The van der Waals surface area contributed by atoms with Gasteiger partial charge >= 0.3 is 45.9 Å². The molecular weight excluding hydrogens is 359 g/mol. The quantitative estimate of drug-likeness (QED) is 0.253. The molecule has 0 aromatic carbocycles. The molecule has 25 heavy (non-hydrogen) atoms. The minimum absolute atomic E-state index is 0. The second kappa shape index (κ2) is 17.3. The summed E-state index contributed by atoms with van der Waals surface area (Å²) in [6.45, 7) is 2.14. The summed E-state index contributed by atoms with van der Waals surface area (Å²) >= 11 is 0. The van der Waals surface area contributed by atoms with E-state index < -0.39 is 35.2 Å². The number of aliphatic carboxylic acids is 1. The Bertz CT molecular complexity index is 451. The number of hydrogen-bond donors (Lipinski definition) is 0. The summed E-state index contributed by atoms with van der Waals surface area (Å²) in [5.74, 6) is -2.61. The van der Waals surface area contributed by atoms with Crippen molar-refractivity contribution >= 4 is 22.3 Å². The van der Waals surface area contributed by atoms with Crippen molar-refractivity contribution in [1.82, 2.24) is 0 Å². The van der Waals surface area contributed by atoms with Crippen LogP contribution in [0.15, 0.2) is 0 Å². The van der Waals surface area contributed by atoms with Crippen molar-refractivity contribution in [3.05, 3.63) is 0 Å². The van der Waals surface area contributed by atoms with Gasteiger partial charge in [0.2, 0.25) is 0 Å². The van der Waals surface area contributed by atoms with E-state index >= 15 is 0 Å². The molecule has 0 bridgehead atoms. The Kier molecular flexibility index (Phi) is 18.7. The van der Waals surface area contributed by atoms with Crippen molar-refractivity contribution in [1.29, 1.82) is 0 Å². The zero-order chi connectivity index (χ0) is 18.3. The molecule has 0 aromatic rings. The second-order valence-corrected chi connectivity index (χ2v) is 6.96. The molecule has 0 aliphatic rings. The third-order valence-corrected chi connectivity index (χ3v) is 4.30. The Morgan fingerprint density at radius 1 is 0.840 bits per heavy atom. The molecule has 142 valence electrons. The average molecular weight is 388 g/mol. The van der Waals surface area contributed by atoms with Gasteiger partial charge in [-0.05, 0) is 12.8 Å². The molecule has 0 unspecified atom stereocenters. The molecule has 0 heterocycles. The Hall–Kier alpha value is -0.150. The summed E-state index contributed by atoms with van der Waals surface area (Å²) in [5.41, 5.74) is 0. The summed E-state index contributed by atoms with van der Waals surface area (Å²) in [4.78, 5) is 21.2. The summed E-state index contributed by atoms with van der Waals surface area (Å²) in [6.07, 6.45) is 9.94. The first-order valence-electron chi connectivity index (χ1n) is 8.69. The van der Waals surface area contributed by atoms with E-state index in [1.165, 1.54) is 38.5 Å². The van der Waals surface area contributed by atoms with Gasteiger partial charge in [-0.3, -0.25) is 4.79 Å². The minimum atomic E-state index is -4.40. The van der Waals surface area contributed by atoms with Crippen LogP contribution in [0.1, 0.15) is 84.0 Å². The molecule has 9 heteroatoms. The van der Waals surface area contributed by atoms with Crippen LogP contribution in [-0.4, -0.2) is 27.0 Å². The van der Waals surface area contributed by atoms with E-state index in [2.05, 4.69) is 15.3 Å². The Labute approximate surface area is 173 Å². The molecule has 0 rings (SSSR count). The van der Waals surface area contributed by atoms with Gasteiger partial charge in [0.05, 0.1) is 13.0 Å². The van der Waals surface area contributed by atoms with Gasteiger partial charge < -0.3 is 14.1 Å². The maximum Gasteiger partial charge on any atom is 1.00 e. The van der Waals surface area contributed by atoms with Crippen molar-refractivity contribution in [3.8, 4) is 0 Å². The largest absolute Gasteiger partial charge is 1.00 e. The van der Waals surface area contributed by atoms with Crippen molar-refractivity contribution in [2.24, 2.45) is 0 Å². The molecule has 0 N–H and O–H groups in total. The number of unbranched alkanes of at least 4 members (excludes halogenated alkanes) is 9. The molecule has 0 saturated carbocycles. The fourth-order valence-corrected chi connectivity index (χ4v) is 2.82. The molecule has 0 saturated heterocycles. The average Bonchev–Trinajstić information content (AvgIpc) is 2.50. The van der Waals surface area contributed by atoms with E-state index in [-0.39, 0.29) is 36.2 Å². The number of carboxylic acid groups (broad SMARTS) is 1. The van der Waals surface area contributed by atoms with Gasteiger partial charge in [-0.25, -0.2) is 4.18 Å². The van der Waals surface area contributed by atoms with E-state index in [9.17, 15) is 23.1 Å². The van der Waals surface area contributed by atoms with Gasteiger partial charge in [-0.2, -0.15) is 8.42 Å². The van der Waals surface area contributed by atoms with Gasteiger partial charge in [0.25, 0.3) is 0 Å². The monoisotopic (exact) mass is 388 g/mol. The zero-order valence-corrected chi connectivity index (χ0v) is 18.3. The second-order valence-electron chi connectivity index (χ2n) is 5.74. The molecule has 7 nitrogen and oxygen atoms in total. The van der Waals surface area contributed by atoms with E-state index in [0.29, 0.717) is 6.42 Å². The van der Waals surface area contributed by atoms with Crippen LogP contribution in [0.3, 0.4) is 0 Å². The fraction of sp³-hybridized carbons (Fsp3) is 0.875. The third kappa shape index (κ3) is 20.0. The van der Waals surface area contributed by atoms with Crippen LogP contribution in [0, 0.1) is 0 Å². The maximum absolute atomic E-state index is 11.3. The molecule has 0 amide bonds. The van der Waals surface area contributed by atoms with Crippen molar-refractivity contribution in [3.63, 3.8) is 0 Å². The van der Waals surface area contributed by atoms with Crippen LogP contribution in [0.4, 0.5) is 0 Å². The van der Waals surface area contributed by atoms with E-state index in [1.807, 2.05) is 0 Å². The van der Waals surface area contributed by atoms with Crippen LogP contribution in [0.5, 0.6) is 0 Å². The normalized spacial score (nSPS) is 10.9. The summed E-state index contributed by atoms with van der Waals surface area (Å²) in [5, 5.41) is 10.2. The van der Waals surface area contributed by atoms with Crippen molar-refractivity contribution < 1.29 is 61.0 Å².